The van der Waals surface area contributed by atoms with Gasteiger partial charge in [-0.1, -0.05) is 55.8 Å². The Morgan fingerprint density at radius 2 is 1.71 bits per heavy atom. The molecule has 2 amide bonds. The molecule has 0 radical (unpaired) electrons. The van der Waals surface area contributed by atoms with Crippen molar-refractivity contribution in [1.29, 1.82) is 0 Å². The van der Waals surface area contributed by atoms with Crippen LogP contribution in [0.2, 0.25) is 0 Å². The highest BCUT2D eigenvalue weighted by molar-refractivity contribution is 5.93. The molecule has 1 heterocycles. The summed E-state index contributed by atoms with van der Waals surface area (Å²) >= 11 is 0. The van der Waals surface area contributed by atoms with E-state index in [1.165, 1.54) is 24.3 Å². The number of aromatic nitrogens is 2. The van der Waals surface area contributed by atoms with Crippen LogP contribution in [0.4, 0.5) is 15.8 Å². The van der Waals surface area contributed by atoms with Crippen molar-refractivity contribution in [1.82, 2.24) is 9.78 Å². The van der Waals surface area contributed by atoms with Gasteiger partial charge in [-0.3, -0.25) is 14.4 Å². The van der Waals surface area contributed by atoms with Crippen molar-refractivity contribution in [2.75, 3.05) is 10.6 Å². The Morgan fingerprint density at radius 1 is 1.03 bits per heavy atom. The molecule has 0 fully saturated rings. The number of benzene rings is 2. The molecule has 0 unspecified atom stereocenters. The van der Waals surface area contributed by atoms with E-state index in [2.05, 4.69) is 15.7 Å². The van der Waals surface area contributed by atoms with Gasteiger partial charge in [-0.25, -0.2) is 9.07 Å². The number of nitrogens with zero attached hydrogens (tertiary/aromatic N) is 2. The minimum Gasteiger partial charge on any atom is -0.322 e. The van der Waals surface area contributed by atoms with Gasteiger partial charge in [0, 0.05) is 11.5 Å². The largest absolute Gasteiger partial charge is 0.322 e. The molecule has 2 N–H and O–H groups in total. The Balaban J connectivity index is 1.97. The number of rotatable bonds is 6. The van der Waals surface area contributed by atoms with Gasteiger partial charge < -0.3 is 10.6 Å². The van der Waals surface area contributed by atoms with Crippen LogP contribution in [0.3, 0.4) is 0 Å². The Morgan fingerprint density at radius 3 is 2.35 bits per heavy atom. The number of hydrogen-bond acceptors (Lipinski definition) is 4. The number of carbonyl (C=O) groups excluding carboxylic acids is 2. The smallest absolute Gasteiger partial charge is 0.291 e. The van der Waals surface area contributed by atoms with Crippen LogP contribution in [-0.2, 0) is 16.1 Å². The first-order valence-corrected chi connectivity index (χ1v) is 9.79. The van der Waals surface area contributed by atoms with Crippen LogP contribution < -0.4 is 16.2 Å². The first-order chi connectivity index (χ1) is 14.7. The molecular weight excluding hydrogens is 399 g/mol. The zero-order valence-electron chi connectivity index (χ0n) is 17.5. The highest BCUT2D eigenvalue weighted by Crippen LogP contribution is 2.19. The van der Waals surface area contributed by atoms with E-state index in [1.807, 2.05) is 31.2 Å². The molecule has 0 aliphatic carbocycles. The summed E-state index contributed by atoms with van der Waals surface area (Å²) in [6.07, 6.45) is 0. The minimum absolute atomic E-state index is 0.00331. The number of para-hydroxylation sites is 1. The standard InChI is InChI=1S/C23H23FN4O3/c1-14(2)22(30)26-20-12-19(16-10-8-15(3)9-11-16)27-28(23(20)31)13-21(29)25-18-7-5-4-6-17(18)24/h4-12,14H,13H2,1-3H3,(H,25,29)(H,26,30). The number of carbonyl (C=O) groups is 2. The van der Waals surface area contributed by atoms with Crippen LogP contribution in [0.5, 0.6) is 0 Å². The molecule has 0 spiro atoms. The molecule has 0 aliphatic heterocycles. The summed E-state index contributed by atoms with van der Waals surface area (Å²) in [5.41, 5.74) is 1.57. The molecule has 0 bridgehead atoms. The molecule has 0 atom stereocenters. The monoisotopic (exact) mass is 422 g/mol. The van der Waals surface area contributed by atoms with E-state index in [0.717, 1.165) is 10.2 Å². The van der Waals surface area contributed by atoms with Crippen molar-refractivity contribution in [3.8, 4) is 11.3 Å². The van der Waals surface area contributed by atoms with Gasteiger partial charge in [0.1, 0.15) is 18.0 Å². The first kappa shape index (κ1) is 21.9. The Bertz CT molecular complexity index is 1170. The van der Waals surface area contributed by atoms with E-state index in [-0.39, 0.29) is 23.2 Å². The lowest BCUT2D eigenvalue weighted by atomic mass is 10.1. The molecule has 0 saturated heterocycles. The van der Waals surface area contributed by atoms with Gasteiger partial charge in [-0.2, -0.15) is 5.10 Å². The Kier molecular flexibility index (Phi) is 6.59. The number of amides is 2. The highest BCUT2D eigenvalue weighted by Gasteiger charge is 2.17. The summed E-state index contributed by atoms with van der Waals surface area (Å²) < 4.78 is 14.8. The SMILES string of the molecule is Cc1ccc(-c2cc(NC(=O)C(C)C)c(=O)n(CC(=O)Nc3ccccc3F)n2)cc1. The van der Waals surface area contributed by atoms with Gasteiger partial charge in [0.25, 0.3) is 5.56 Å². The summed E-state index contributed by atoms with van der Waals surface area (Å²) in [5.74, 6) is -1.88. The normalized spacial score (nSPS) is 10.7. The second-order valence-corrected chi connectivity index (χ2v) is 7.44. The molecule has 0 aliphatic rings. The van der Waals surface area contributed by atoms with E-state index in [4.69, 9.17) is 0 Å². The fourth-order valence-electron chi connectivity index (χ4n) is 2.77. The highest BCUT2D eigenvalue weighted by atomic mass is 19.1. The lowest BCUT2D eigenvalue weighted by Gasteiger charge is -2.13. The van der Waals surface area contributed by atoms with Crippen LogP contribution in [0, 0.1) is 18.7 Å². The van der Waals surface area contributed by atoms with Crippen molar-refractivity contribution >= 4 is 23.2 Å². The zero-order chi connectivity index (χ0) is 22.5. The van der Waals surface area contributed by atoms with Gasteiger partial charge >= 0.3 is 0 Å². The molecule has 0 saturated carbocycles. The maximum absolute atomic E-state index is 13.8. The van der Waals surface area contributed by atoms with E-state index < -0.39 is 23.8 Å². The molecule has 2 aromatic carbocycles. The zero-order valence-corrected chi connectivity index (χ0v) is 17.5. The number of hydrogen-bond donors (Lipinski definition) is 2. The first-order valence-electron chi connectivity index (χ1n) is 9.79. The van der Waals surface area contributed by atoms with Crippen LogP contribution in [0.15, 0.2) is 59.4 Å². The fourth-order valence-corrected chi connectivity index (χ4v) is 2.77. The van der Waals surface area contributed by atoms with Crippen molar-refractivity contribution < 1.29 is 14.0 Å². The topological polar surface area (TPSA) is 93.1 Å². The van der Waals surface area contributed by atoms with Crippen LogP contribution in [0.1, 0.15) is 19.4 Å². The molecule has 3 aromatic rings. The van der Waals surface area contributed by atoms with Gasteiger partial charge in [-0.15, -0.1) is 0 Å². The molecule has 8 heteroatoms. The molecule has 7 nitrogen and oxygen atoms in total. The quantitative estimate of drug-likeness (QED) is 0.635. The van der Waals surface area contributed by atoms with Crippen molar-refractivity contribution in [2.24, 2.45) is 5.92 Å². The Labute approximate surface area is 178 Å². The van der Waals surface area contributed by atoms with Gasteiger partial charge in [-0.05, 0) is 25.1 Å². The summed E-state index contributed by atoms with van der Waals surface area (Å²) in [4.78, 5) is 37.5. The average molecular weight is 422 g/mol. The lowest BCUT2D eigenvalue weighted by Crippen LogP contribution is -2.33. The average Bonchev–Trinajstić information content (AvgIpc) is 2.73. The summed E-state index contributed by atoms with van der Waals surface area (Å²) in [6.45, 7) is 4.91. The van der Waals surface area contributed by atoms with E-state index in [0.29, 0.717) is 11.3 Å². The van der Waals surface area contributed by atoms with E-state index >= 15 is 0 Å². The third-order valence-corrected chi connectivity index (χ3v) is 4.55. The Hall–Kier alpha value is -3.81. The predicted octanol–water partition coefficient (Wildman–Crippen LogP) is 3.59. The van der Waals surface area contributed by atoms with Crippen LogP contribution in [-0.4, -0.2) is 21.6 Å². The molecular formula is C23H23FN4O3. The van der Waals surface area contributed by atoms with Crippen LogP contribution >= 0.6 is 0 Å². The predicted molar refractivity (Wildman–Crippen MR) is 117 cm³/mol. The minimum atomic E-state index is -0.631. The number of halogens is 1. The van der Waals surface area contributed by atoms with Gasteiger partial charge in [0.2, 0.25) is 11.8 Å². The van der Waals surface area contributed by atoms with Crippen LogP contribution in [0.25, 0.3) is 11.3 Å². The van der Waals surface area contributed by atoms with Crippen molar-refractivity contribution in [2.45, 2.75) is 27.3 Å². The summed E-state index contributed by atoms with van der Waals surface area (Å²) in [6, 6.07) is 14.7. The third-order valence-electron chi connectivity index (χ3n) is 4.55. The van der Waals surface area contributed by atoms with E-state index in [9.17, 15) is 18.8 Å². The number of aryl methyl sites for hydroxylation is 1. The molecule has 31 heavy (non-hydrogen) atoms. The van der Waals surface area contributed by atoms with E-state index in [1.54, 1.807) is 19.9 Å². The summed E-state index contributed by atoms with van der Waals surface area (Å²) in [7, 11) is 0. The second kappa shape index (κ2) is 9.34. The fraction of sp³-hybridized carbons (Fsp3) is 0.217. The number of nitrogens with one attached hydrogen (secondary N) is 2. The van der Waals surface area contributed by atoms with Gasteiger partial charge in [0.15, 0.2) is 0 Å². The molecule has 160 valence electrons. The van der Waals surface area contributed by atoms with Gasteiger partial charge in [0.05, 0.1) is 11.4 Å². The maximum atomic E-state index is 13.8. The third kappa shape index (κ3) is 5.42. The maximum Gasteiger partial charge on any atom is 0.291 e. The summed E-state index contributed by atoms with van der Waals surface area (Å²) in [5, 5.41) is 9.32. The van der Waals surface area contributed by atoms with Crippen molar-refractivity contribution in [3.05, 3.63) is 76.3 Å². The number of anilines is 2. The molecule has 1 aromatic heterocycles. The lowest BCUT2D eigenvalue weighted by molar-refractivity contribution is -0.119. The molecule has 3 rings (SSSR count). The second-order valence-electron chi connectivity index (χ2n) is 7.44. The van der Waals surface area contributed by atoms with Crippen molar-refractivity contribution in [3.63, 3.8) is 0 Å².